The van der Waals surface area contributed by atoms with Crippen LogP contribution in [0.2, 0.25) is 0 Å². The van der Waals surface area contributed by atoms with Gasteiger partial charge in [0.1, 0.15) is 5.50 Å². The molecule has 2 unspecified atom stereocenters. The molecule has 158 valence electrons. The molecule has 1 heterocycles. The summed E-state index contributed by atoms with van der Waals surface area (Å²) in [5.41, 5.74) is 1.65. The molecule has 3 rings (SSSR count). The van der Waals surface area contributed by atoms with Gasteiger partial charge in [0.15, 0.2) is 0 Å². The fourth-order valence-electron chi connectivity index (χ4n) is 3.06. The van der Waals surface area contributed by atoms with Gasteiger partial charge in [0.25, 0.3) is 0 Å². The van der Waals surface area contributed by atoms with Crippen molar-refractivity contribution in [3.8, 4) is 0 Å². The standard InChI is InChI=1S/C22H26N4O3S/c27-19(23-13-16-7-3-1-4-8-16)11-18-12-20(28)26-22(25-18)30-15-21(29)24-14-17-9-5-2-6-10-17/h1-10,18,22,25H,11-15H2,(H,23,27)(H,24,29)(H,26,28). The Kier molecular flexibility index (Phi) is 8.29. The van der Waals surface area contributed by atoms with Crippen molar-refractivity contribution in [2.45, 2.75) is 37.5 Å². The van der Waals surface area contributed by atoms with Gasteiger partial charge in [-0.15, -0.1) is 11.8 Å². The maximum absolute atomic E-state index is 12.2. The number of carbonyl (C=O) groups is 3. The van der Waals surface area contributed by atoms with Gasteiger partial charge in [-0.1, -0.05) is 60.7 Å². The Morgan fingerprint density at radius 2 is 1.47 bits per heavy atom. The Hall–Kier alpha value is -2.84. The molecule has 1 saturated heterocycles. The fourth-order valence-corrected chi connectivity index (χ4v) is 3.99. The average molecular weight is 427 g/mol. The molecule has 2 aromatic carbocycles. The summed E-state index contributed by atoms with van der Waals surface area (Å²) >= 11 is 1.30. The lowest BCUT2D eigenvalue weighted by Gasteiger charge is -2.30. The van der Waals surface area contributed by atoms with Crippen LogP contribution in [0, 0.1) is 0 Å². The molecule has 3 amide bonds. The normalized spacial score (nSPS) is 18.3. The monoisotopic (exact) mass is 426 g/mol. The molecule has 30 heavy (non-hydrogen) atoms. The maximum atomic E-state index is 12.2. The van der Waals surface area contributed by atoms with Gasteiger partial charge in [0.2, 0.25) is 17.7 Å². The molecular weight excluding hydrogens is 400 g/mol. The zero-order valence-corrected chi connectivity index (χ0v) is 17.4. The first kappa shape index (κ1) is 21.9. The Labute approximate surface area is 180 Å². The van der Waals surface area contributed by atoms with Gasteiger partial charge in [-0.05, 0) is 11.1 Å². The zero-order valence-electron chi connectivity index (χ0n) is 16.6. The molecule has 0 radical (unpaired) electrons. The lowest BCUT2D eigenvalue weighted by atomic mass is 10.1. The molecule has 0 saturated carbocycles. The number of hydrogen-bond donors (Lipinski definition) is 4. The van der Waals surface area contributed by atoms with Crippen LogP contribution in [-0.4, -0.2) is 35.0 Å². The summed E-state index contributed by atoms with van der Waals surface area (Å²) in [5.74, 6) is -0.146. The highest BCUT2D eigenvalue weighted by atomic mass is 32.2. The molecule has 0 aliphatic carbocycles. The van der Waals surface area contributed by atoms with Gasteiger partial charge in [-0.25, -0.2) is 0 Å². The van der Waals surface area contributed by atoms with Gasteiger partial charge in [0, 0.05) is 32.0 Å². The lowest BCUT2D eigenvalue weighted by molar-refractivity contribution is -0.125. The van der Waals surface area contributed by atoms with Crippen LogP contribution < -0.4 is 21.3 Å². The summed E-state index contributed by atoms with van der Waals surface area (Å²) in [6.45, 7) is 0.924. The zero-order chi connectivity index (χ0) is 21.2. The van der Waals surface area contributed by atoms with Gasteiger partial charge in [-0.3, -0.25) is 19.7 Å². The number of carbonyl (C=O) groups excluding carboxylic acids is 3. The van der Waals surface area contributed by atoms with Crippen molar-refractivity contribution in [1.29, 1.82) is 0 Å². The van der Waals surface area contributed by atoms with Crippen molar-refractivity contribution in [3.05, 3.63) is 71.8 Å². The van der Waals surface area contributed by atoms with Crippen LogP contribution in [0.4, 0.5) is 0 Å². The summed E-state index contributed by atoms with van der Waals surface area (Å²) in [6.07, 6.45) is 0.438. The third-order valence-corrected chi connectivity index (χ3v) is 5.60. The minimum Gasteiger partial charge on any atom is -0.352 e. The van der Waals surface area contributed by atoms with E-state index in [1.165, 1.54) is 11.8 Å². The molecule has 4 N–H and O–H groups in total. The summed E-state index contributed by atoms with van der Waals surface area (Å²) < 4.78 is 0. The van der Waals surface area contributed by atoms with Gasteiger partial charge in [0.05, 0.1) is 5.75 Å². The highest BCUT2D eigenvalue weighted by Gasteiger charge is 2.28. The highest BCUT2D eigenvalue weighted by molar-refractivity contribution is 8.00. The quantitative estimate of drug-likeness (QED) is 0.487. The number of thioether (sulfide) groups is 1. The average Bonchev–Trinajstić information content (AvgIpc) is 2.76. The number of amides is 3. The predicted molar refractivity (Wildman–Crippen MR) is 117 cm³/mol. The Bertz CT molecular complexity index is 848. The van der Waals surface area contributed by atoms with Gasteiger partial charge in [-0.2, -0.15) is 0 Å². The summed E-state index contributed by atoms with van der Waals surface area (Å²) in [4.78, 5) is 36.3. The third kappa shape index (κ3) is 7.53. The highest BCUT2D eigenvalue weighted by Crippen LogP contribution is 2.14. The molecule has 0 spiro atoms. The lowest BCUT2D eigenvalue weighted by Crippen LogP contribution is -2.56. The van der Waals surface area contributed by atoms with Crippen LogP contribution >= 0.6 is 11.8 Å². The first-order valence-electron chi connectivity index (χ1n) is 9.87. The van der Waals surface area contributed by atoms with Gasteiger partial charge >= 0.3 is 0 Å². The molecule has 7 nitrogen and oxygen atoms in total. The molecule has 2 atom stereocenters. The van der Waals surface area contributed by atoms with Crippen LogP contribution in [0.1, 0.15) is 24.0 Å². The smallest absolute Gasteiger partial charge is 0.230 e. The number of hydrogen-bond acceptors (Lipinski definition) is 5. The van der Waals surface area contributed by atoms with E-state index in [1.807, 2.05) is 60.7 Å². The second kappa shape index (κ2) is 11.4. The first-order valence-corrected chi connectivity index (χ1v) is 10.9. The number of nitrogens with one attached hydrogen (secondary N) is 4. The van der Waals surface area contributed by atoms with Crippen molar-refractivity contribution in [1.82, 2.24) is 21.3 Å². The Balaban J connectivity index is 1.38. The second-order valence-corrected chi connectivity index (χ2v) is 8.15. The Morgan fingerprint density at radius 1 is 0.900 bits per heavy atom. The molecular formula is C22H26N4O3S. The molecule has 8 heteroatoms. The van der Waals surface area contributed by atoms with Crippen LogP contribution in [0.3, 0.4) is 0 Å². The van der Waals surface area contributed by atoms with E-state index in [1.54, 1.807) is 0 Å². The van der Waals surface area contributed by atoms with Crippen molar-refractivity contribution in [3.63, 3.8) is 0 Å². The van der Waals surface area contributed by atoms with Crippen LogP contribution in [-0.2, 0) is 27.5 Å². The van der Waals surface area contributed by atoms with E-state index in [4.69, 9.17) is 0 Å². The number of rotatable bonds is 9. The van der Waals surface area contributed by atoms with E-state index in [0.717, 1.165) is 11.1 Å². The topological polar surface area (TPSA) is 99.3 Å². The van der Waals surface area contributed by atoms with E-state index in [9.17, 15) is 14.4 Å². The van der Waals surface area contributed by atoms with E-state index in [-0.39, 0.29) is 42.4 Å². The van der Waals surface area contributed by atoms with Crippen molar-refractivity contribution in [2.24, 2.45) is 0 Å². The third-order valence-electron chi connectivity index (χ3n) is 4.59. The van der Waals surface area contributed by atoms with Crippen LogP contribution in [0.25, 0.3) is 0 Å². The predicted octanol–water partition coefficient (Wildman–Crippen LogP) is 1.50. The van der Waals surface area contributed by atoms with E-state index < -0.39 is 5.50 Å². The SMILES string of the molecule is O=C(CSC1NC(=O)CC(CC(=O)NCc2ccccc2)N1)NCc1ccccc1. The molecule has 1 aliphatic rings. The van der Waals surface area contributed by atoms with Crippen LogP contribution in [0.15, 0.2) is 60.7 Å². The van der Waals surface area contributed by atoms with Gasteiger partial charge < -0.3 is 16.0 Å². The van der Waals surface area contributed by atoms with E-state index in [0.29, 0.717) is 13.1 Å². The van der Waals surface area contributed by atoms with E-state index in [2.05, 4.69) is 21.3 Å². The number of benzene rings is 2. The van der Waals surface area contributed by atoms with Crippen molar-refractivity contribution in [2.75, 3.05) is 5.75 Å². The largest absolute Gasteiger partial charge is 0.352 e. The molecule has 0 bridgehead atoms. The maximum Gasteiger partial charge on any atom is 0.230 e. The second-order valence-electron chi connectivity index (χ2n) is 7.06. The van der Waals surface area contributed by atoms with Crippen molar-refractivity contribution < 1.29 is 14.4 Å². The molecule has 0 aromatic heterocycles. The minimum absolute atomic E-state index is 0.109. The minimum atomic E-state index is -0.402. The summed E-state index contributed by atoms with van der Waals surface area (Å²) in [7, 11) is 0. The van der Waals surface area contributed by atoms with E-state index >= 15 is 0 Å². The molecule has 1 fully saturated rings. The fraction of sp³-hybridized carbons (Fsp3) is 0.318. The van der Waals surface area contributed by atoms with Crippen LogP contribution in [0.5, 0.6) is 0 Å². The Morgan fingerprint density at radius 3 is 2.07 bits per heavy atom. The summed E-state index contributed by atoms with van der Waals surface area (Å²) in [6, 6.07) is 19.1. The molecule has 2 aromatic rings. The van der Waals surface area contributed by atoms with Crippen molar-refractivity contribution >= 4 is 29.5 Å². The first-order chi connectivity index (χ1) is 14.6. The molecule has 1 aliphatic heterocycles. The summed E-state index contributed by atoms with van der Waals surface area (Å²) in [5, 5.41) is 11.8.